The van der Waals surface area contributed by atoms with E-state index < -0.39 is 24.3 Å². The van der Waals surface area contributed by atoms with Gasteiger partial charge in [0.2, 0.25) is 0 Å². The highest BCUT2D eigenvalue weighted by Gasteiger charge is 2.56. The lowest BCUT2D eigenvalue weighted by Gasteiger charge is -2.26. The molecule has 0 bridgehead atoms. The largest absolute Gasteiger partial charge is 0.465 e. The number of thiophene rings is 1. The second-order valence-electron chi connectivity index (χ2n) is 5.17. The first-order valence-corrected chi connectivity index (χ1v) is 7.17. The monoisotopic (exact) mass is 323 g/mol. The minimum Gasteiger partial charge on any atom is -0.465 e. The Morgan fingerprint density at radius 1 is 1.57 bits per heavy atom. The van der Waals surface area contributed by atoms with Crippen molar-refractivity contribution in [2.24, 2.45) is 0 Å². The highest BCUT2D eigenvalue weighted by atomic mass is 32.1. The number of methoxy groups -OCH3 is 1. The Kier molecular flexibility index (Phi) is 4.32. The van der Waals surface area contributed by atoms with E-state index in [1.165, 1.54) is 18.4 Å². The summed E-state index contributed by atoms with van der Waals surface area (Å²) >= 11 is 1.25. The van der Waals surface area contributed by atoms with Crippen LogP contribution in [0, 0.1) is 6.92 Å². The number of ether oxygens (including phenoxy) is 1. The average molecular weight is 323 g/mol. The van der Waals surface area contributed by atoms with Crippen LogP contribution < -0.4 is 0 Å². The van der Waals surface area contributed by atoms with Crippen molar-refractivity contribution in [2.75, 3.05) is 20.2 Å². The van der Waals surface area contributed by atoms with Gasteiger partial charge >= 0.3 is 12.1 Å². The maximum absolute atomic E-state index is 12.8. The number of aryl methyl sites for hydroxylation is 1. The van der Waals surface area contributed by atoms with E-state index in [-0.39, 0.29) is 19.5 Å². The molecule has 1 aromatic rings. The molecule has 1 saturated heterocycles. The van der Waals surface area contributed by atoms with Crippen molar-refractivity contribution in [1.82, 2.24) is 4.90 Å². The van der Waals surface area contributed by atoms with E-state index in [4.69, 9.17) is 0 Å². The number of hydrogen-bond donors (Lipinski definition) is 1. The summed E-state index contributed by atoms with van der Waals surface area (Å²) in [4.78, 5) is 14.3. The zero-order valence-corrected chi connectivity index (χ0v) is 12.5. The fourth-order valence-corrected chi connectivity index (χ4v) is 3.31. The molecular formula is C13H16F3NO3S. The van der Waals surface area contributed by atoms with E-state index >= 15 is 0 Å². The van der Waals surface area contributed by atoms with Crippen LogP contribution in [0.3, 0.4) is 0 Å². The topological polar surface area (TPSA) is 49.8 Å². The summed E-state index contributed by atoms with van der Waals surface area (Å²) in [6.07, 6.45) is -4.95. The minimum atomic E-state index is -4.62. The Balaban J connectivity index is 2.07. The Morgan fingerprint density at radius 2 is 2.24 bits per heavy atom. The van der Waals surface area contributed by atoms with Crippen LogP contribution in [0.1, 0.15) is 26.5 Å². The van der Waals surface area contributed by atoms with Crippen molar-refractivity contribution in [2.45, 2.75) is 31.7 Å². The zero-order valence-electron chi connectivity index (χ0n) is 11.7. The number of likely N-dealkylation sites (tertiary alicyclic amines) is 1. The van der Waals surface area contributed by atoms with Crippen molar-refractivity contribution in [3.05, 3.63) is 21.4 Å². The number of alkyl halides is 3. The molecule has 4 nitrogen and oxygen atoms in total. The molecule has 1 fully saturated rings. The van der Waals surface area contributed by atoms with Gasteiger partial charge in [0.25, 0.3) is 0 Å². The maximum atomic E-state index is 12.8. The number of esters is 1. The lowest BCUT2D eigenvalue weighted by molar-refractivity contribution is -0.254. The number of halogens is 3. The molecule has 0 aliphatic carbocycles. The Bertz CT molecular complexity index is 543. The summed E-state index contributed by atoms with van der Waals surface area (Å²) in [5.74, 6) is -0.456. The molecule has 2 rings (SSSR count). The smallest absolute Gasteiger partial charge is 0.418 e. The molecule has 0 amide bonds. The van der Waals surface area contributed by atoms with Gasteiger partial charge in [0.05, 0.1) is 7.11 Å². The van der Waals surface area contributed by atoms with Crippen molar-refractivity contribution >= 4 is 17.3 Å². The Labute approximate surface area is 124 Å². The number of rotatable bonds is 3. The van der Waals surface area contributed by atoms with Crippen LogP contribution in [0.2, 0.25) is 0 Å². The van der Waals surface area contributed by atoms with Crippen LogP contribution in [-0.2, 0) is 11.3 Å². The highest BCUT2D eigenvalue weighted by molar-refractivity contribution is 7.14. The van der Waals surface area contributed by atoms with E-state index in [0.717, 1.165) is 10.4 Å². The number of aliphatic hydroxyl groups is 1. The SMILES string of the molecule is COC(=O)c1cc(CN2CC[C@@](O)(C(F)(F)F)C2)c(C)s1. The van der Waals surface area contributed by atoms with E-state index in [2.05, 4.69) is 4.74 Å². The lowest BCUT2D eigenvalue weighted by atomic mass is 10.0. The summed E-state index contributed by atoms with van der Waals surface area (Å²) in [5.41, 5.74) is -1.85. The van der Waals surface area contributed by atoms with Gasteiger partial charge < -0.3 is 9.84 Å². The number of β-amino-alcohol motifs (C(OH)–C–C–N with tert-alkyl or cyclic N) is 1. The number of nitrogens with zero attached hydrogens (tertiary/aromatic N) is 1. The van der Waals surface area contributed by atoms with E-state index in [1.54, 1.807) is 17.9 Å². The van der Waals surface area contributed by atoms with Gasteiger partial charge in [-0.2, -0.15) is 13.2 Å². The predicted octanol–water partition coefficient (Wildman–Crippen LogP) is 2.34. The molecule has 1 N–H and O–H groups in total. The van der Waals surface area contributed by atoms with Crippen LogP contribution >= 0.6 is 11.3 Å². The second-order valence-corrected chi connectivity index (χ2v) is 6.43. The van der Waals surface area contributed by atoms with Crippen molar-refractivity contribution < 1.29 is 27.8 Å². The average Bonchev–Trinajstić information content (AvgIpc) is 2.94. The normalized spacial score (nSPS) is 23.5. The van der Waals surface area contributed by atoms with Crippen LogP contribution in [-0.4, -0.2) is 48.0 Å². The first kappa shape index (κ1) is 16.3. The molecule has 2 heterocycles. The van der Waals surface area contributed by atoms with Crippen LogP contribution in [0.4, 0.5) is 13.2 Å². The molecule has 1 aliphatic heterocycles. The van der Waals surface area contributed by atoms with Crippen molar-refractivity contribution in [3.63, 3.8) is 0 Å². The molecule has 0 saturated carbocycles. The molecule has 118 valence electrons. The quantitative estimate of drug-likeness (QED) is 0.868. The van der Waals surface area contributed by atoms with Gasteiger partial charge in [-0.1, -0.05) is 0 Å². The maximum Gasteiger partial charge on any atom is 0.418 e. The van der Waals surface area contributed by atoms with Gasteiger partial charge in [-0.3, -0.25) is 4.90 Å². The number of hydrogen-bond acceptors (Lipinski definition) is 5. The first-order valence-electron chi connectivity index (χ1n) is 6.35. The van der Waals surface area contributed by atoms with Gasteiger partial charge in [0, 0.05) is 24.5 Å². The van der Waals surface area contributed by atoms with E-state index in [0.29, 0.717) is 4.88 Å². The predicted molar refractivity (Wildman–Crippen MR) is 71.3 cm³/mol. The summed E-state index contributed by atoms with van der Waals surface area (Å²) in [7, 11) is 1.28. The van der Waals surface area contributed by atoms with Gasteiger partial charge in [0.15, 0.2) is 5.60 Å². The van der Waals surface area contributed by atoms with Gasteiger partial charge in [-0.05, 0) is 25.0 Å². The molecule has 1 atom stereocenters. The number of carbonyl (C=O) groups is 1. The van der Waals surface area contributed by atoms with E-state index in [9.17, 15) is 23.1 Å². The number of carbonyl (C=O) groups excluding carboxylic acids is 1. The zero-order chi connectivity index (χ0) is 15.8. The minimum absolute atomic E-state index is 0.166. The molecule has 1 aliphatic rings. The molecule has 0 unspecified atom stereocenters. The highest BCUT2D eigenvalue weighted by Crippen LogP contribution is 2.38. The van der Waals surface area contributed by atoms with Gasteiger partial charge in [-0.25, -0.2) is 4.79 Å². The summed E-state index contributed by atoms with van der Waals surface area (Å²) < 4.78 is 42.9. The Hall–Kier alpha value is -1.12. The standard InChI is InChI=1S/C13H16F3NO3S/c1-8-9(5-10(21-8)11(18)20-2)6-17-4-3-12(19,7-17)13(14,15)16/h5,19H,3-4,6-7H2,1-2H3/t12-/m0/s1. The first-order chi connectivity index (χ1) is 9.66. The fourth-order valence-electron chi connectivity index (χ4n) is 2.36. The molecular weight excluding hydrogens is 307 g/mol. The van der Waals surface area contributed by atoms with Crippen LogP contribution in [0.15, 0.2) is 6.07 Å². The van der Waals surface area contributed by atoms with Crippen molar-refractivity contribution in [1.29, 1.82) is 0 Å². The molecule has 0 aromatic carbocycles. The molecule has 1 aromatic heterocycles. The third-order valence-electron chi connectivity index (χ3n) is 3.66. The molecule has 21 heavy (non-hydrogen) atoms. The van der Waals surface area contributed by atoms with Gasteiger partial charge in [0.1, 0.15) is 4.88 Å². The fraction of sp³-hybridized carbons (Fsp3) is 0.615. The summed E-state index contributed by atoms with van der Waals surface area (Å²) in [6.45, 7) is 1.80. The van der Waals surface area contributed by atoms with Gasteiger partial charge in [-0.15, -0.1) is 11.3 Å². The summed E-state index contributed by atoms with van der Waals surface area (Å²) in [5, 5.41) is 9.64. The summed E-state index contributed by atoms with van der Waals surface area (Å²) in [6, 6.07) is 1.64. The lowest BCUT2D eigenvalue weighted by Crippen LogP contribution is -2.47. The van der Waals surface area contributed by atoms with Crippen LogP contribution in [0.25, 0.3) is 0 Å². The van der Waals surface area contributed by atoms with Crippen molar-refractivity contribution in [3.8, 4) is 0 Å². The third-order valence-corrected chi connectivity index (χ3v) is 4.73. The van der Waals surface area contributed by atoms with Crippen LogP contribution in [0.5, 0.6) is 0 Å². The second kappa shape index (κ2) is 5.58. The third kappa shape index (κ3) is 3.22. The Morgan fingerprint density at radius 3 is 2.76 bits per heavy atom. The molecule has 0 spiro atoms. The van der Waals surface area contributed by atoms with E-state index in [1.807, 2.05) is 0 Å². The molecule has 0 radical (unpaired) electrons. The molecule has 8 heteroatoms.